The Morgan fingerprint density at radius 1 is 1.31 bits per heavy atom. The quantitative estimate of drug-likeness (QED) is 0.803. The van der Waals surface area contributed by atoms with Crippen LogP contribution < -0.4 is 0 Å². The number of thiazole rings is 1. The number of aromatic nitrogens is 1. The molecule has 1 aromatic heterocycles. The van der Waals surface area contributed by atoms with Gasteiger partial charge in [-0.1, -0.05) is 36.4 Å². The van der Waals surface area contributed by atoms with Gasteiger partial charge in [0.1, 0.15) is 5.01 Å². The van der Waals surface area contributed by atoms with Crippen LogP contribution in [0.4, 0.5) is 0 Å². The van der Waals surface area contributed by atoms with Gasteiger partial charge in [0.25, 0.3) is 0 Å². The number of nitrogens with zero attached hydrogens (tertiary/aromatic N) is 1. The number of ether oxygens (including phenoxy) is 1. The lowest BCUT2D eigenvalue weighted by atomic mass is 10.1. The summed E-state index contributed by atoms with van der Waals surface area (Å²) >= 11 is 1.65. The summed E-state index contributed by atoms with van der Waals surface area (Å²) in [5, 5.41) is 3.05. The van der Waals surface area contributed by atoms with Gasteiger partial charge >= 0.3 is 0 Å². The molecule has 2 aromatic rings. The van der Waals surface area contributed by atoms with Crippen molar-refractivity contribution in [3.63, 3.8) is 0 Å². The van der Waals surface area contributed by atoms with E-state index in [1.807, 2.05) is 17.7 Å². The van der Waals surface area contributed by atoms with Crippen LogP contribution in [-0.4, -0.2) is 18.7 Å². The SMILES string of the molecule is COCC=Cc1ccc(-c2nccs2)cc1. The molecule has 0 spiro atoms. The molecule has 0 saturated carbocycles. The van der Waals surface area contributed by atoms with Crippen molar-refractivity contribution in [1.29, 1.82) is 0 Å². The lowest BCUT2D eigenvalue weighted by Crippen LogP contribution is -1.81. The van der Waals surface area contributed by atoms with Crippen molar-refractivity contribution in [2.75, 3.05) is 13.7 Å². The third kappa shape index (κ3) is 2.78. The Hall–Kier alpha value is -1.45. The fourth-order valence-electron chi connectivity index (χ4n) is 1.38. The van der Waals surface area contributed by atoms with Crippen LogP contribution in [0.5, 0.6) is 0 Å². The highest BCUT2D eigenvalue weighted by Gasteiger charge is 1.98. The van der Waals surface area contributed by atoms with Crippen LogP contribution in [0.15, 0.2) is 41.9 Å². The van der Waals surface area contributed by atoms with Crippen molar-refractivity contribution in [2.24, 2.45) is 0 Å². The predicted octanol–water partition coefficient (Wildman–Crippen LogP) is 3.47. The summed E-state index contributed by atoms with van der Waals surface area (Å²) in [6.45, 7) is 0.647. The van der Waals surface area contributed by atoms with Gasteiger partial charge in [-0.15, -0.1) is 11.3 Å². The van der Waals surface area contributed by atoms with Gasteiger partial charge in [-0.3, -0.25) is 0 Å². The fraction of sp³-hybridized carbons (Fsp3) is 0.154. The number of hydrogen-bond acceptors (Lipinski definition) is 3. The molecule has 0 N–H and O–H groups in total. The van der Waals surface area contributed by atoms with Crippen LogP contribution in [0.3, 0.4) is 0 Å². The second kappa shape index (κ2) is 5.58. The summed E-state index contributed by atoms with van der Waals surface area (Å²) in [6, 6.07) is 8.35. The van der Waals surface area contributed by atoms with E-state index in [0.29, 0.717) is 6.61 Å². The number of methoxy groups -OCH3 is 1. The van der Waals surface area contributed by atoms with Crippen LogP contribution >= 0.6 is 11.3 Å². The van der Waals surface area contributed by atoms with E-state index in [4.69, 9.17) is 4.74 Å². The van der Waals surface area contributed by atoms with Crippen LogP contribution in [0.1, 0.15) is 5.56 Å². The highest BCUT2D eigenvalue weighted by atomic mass is 32.1. The van der Waals surface area contributed by atoms with E-state index < -0.39 is 0 Å². The molecule has 0 bridgehead atoms. The molecule has 0 aliphatic rings. The molecule has 0 amide bonds. The first-order chi connectivity index (χ1) is 7.90. The highest BCUT2D eigenvalue weighted by molar-refractivity contribution is 7.13. The monoisotopic (exact) mass is 231 g/mol. The second-order valence-electron chi connectivity index (χ2n) is 3.32. The summed E-state index contributed by atoms with van der Waals surface area (Å²) in [5.41, 5.74) is 2.34. The predicted molar refractivity (Wildman–Crippen MR) is 68.5 cm³/mol. The molecule has 0 saturated heterocycles. The molecule has 0 aliphatic carbocycles. The molecular weight excluding hydrogens is 218 g/mol. The lowest BCUT2D eigenvalue weighted by Gasteiger charge is -1.97. The molecule has 0 atom stereocenters. The smallest absolute Gasteiger partial charge is 0.123 e. The van der Waals surface area contributed by atoms with E-state index in [1.54, 1.807) is 18.4 Å². The maximum atomic E-state index is 4.95. The van der Waals surface area contributed by atoms with E-state index in [0.717, 1.165) is 5.01 Å². The topological polar surface area (TPSA) is 22.1 Å². The third-order valence-corrected chi connectivity index (χ3v) is 2.99. The standard InChI is InChI=1S/C13H13NOS/c1-15-9-2-3-11-4-6-12(7-5-11)13-14-8-10-16-13/h2-8,10H,9H2,1H3. The van der Waals surface area contributed by atoms with E-state index in [9.17, 15) is 0 Å². The van der Waals surface area contributed by atoms with Crippen molar-refractivity contribution in [3.05, 3.63) is 47.5 Å². The fourth-order valence-corrected chi connectivity index (χ4v) is 2.03. The number of hydrogen-bond donors (Lipinski definition) is 0. The van der Waals surface area contributed by atoms with Crippen molar-refractivity contribution < 1.29 is 4.74 Å². The Morgan fingerprint density at radius 2 is 2.12 bits per heavy atom. The summed E-state index contributed by atoms with van der Waals surface area (Å²) in [4.78, 5) is 4.27. The van der Waals surface area contributed by atoms with Gasteiger partial charge in [0.2, 0.25) is 0 Å². The number of benzene rings is 1. The molecular formula is C13H13NOS. The minimum Gasteiger partial charge on any atom is -0.381 e. The van der Waals surface area contributed by atoms with Gasteiger partial charge in [-0.25, -0.2) is 4.98 Å². The van der Waals surface area contributed by atoms with Crippen LogP contribution in [0.25, 0.3) is 16.6 Å². The van der Waals surface area contributed by atoms with E-state index in [2.05, 4.69) is 35.3 Å². The minimum atomic E-state index is 0.647. The maximum absolute atomic E-state index is 4.95. The Bertz CT molecular complexity index is 445. The molecule has 2 rings (SSSR count). The van der Waals surface area contributed by atoms with Gasteiger partial charge < -0.3 is 4.74 Å². The van der Waals surface area contributed by atoms with Crippen LogP contribution in [0.2, 0.25) is 0 Å². The molecule has 0 fully saturated rings. The zero-order valence-electron chi connectivity index (χ0n) is 9.09. The Balaban J connectivity index is 2.11. The average Bonchev–Trinajstić information content (AvgIpc) is 2.84. The average molecular weight is 231 g/mol. The van der Waals surface area contributed by atoms with Gasteiger partial charge in [0.15, 0.2) is 0 Å². The van der Waals surface area contributed by atoms with Crippen molar-refractivity contribution in [3.8, 4) is 10.6 Å². The molecule has 16 heavy (non-hydrogen) atoms. The summed E-state index contributed by atoms with van der Waals surface area (Å²) in [7, 11) is 1.69. The first kappa shape index (κ1) is 11.0. The Morgan fingerprint density at radius 3 is 2.75 bits per heavy atom. The zero-order chi connectivity index (χ0) is 11.2. The summed E-state index contributed by atoms with van der Waals surface area (Å²) in [5.74, 6) is 0. The lowest BCUT2D eigenvalue weighted by molar-refractivity contribution is 0.234. The Labute approximate surface area is 99.2 Å². The first-order valence-corrected chi connectivity index (χ1v) is 5.93. The van der Waals surface area contributed by atoms with Gasteiger partial charge in [-0.2, -0.15) is 0 Å². The van der Waals surface area contributed by atoms with Gasteiger partial charge in [0.05, 0.1) is 6.61 Å². The van der Waals surface area contributed by atoms with Crippen molar-refractivity contribution >= 4 is 17.4 Å². The van der Waals surface area contributed by atoms with Crippen molar-refractivity contribution in [1.82, 2.24) is 4.98 Å². The molecule has 0 aliphatic heterocycles. The number of rotatable bonds is 4. The molecule has 3 heteroatoms. The van der Waals surface area contributed by atoms with E-state index in [-0.39, 0.29) is 0 Å². The molecule has 1 heterocycles. The minimum absolute atomic E-state index is 0.647. The van der Waals surface area contributed by atoms with Crippen molar-refractivity contribution in [2.45, 2.75) is 0 Å². The molecule has 82 valence electrons. The normalized spacial score (nSPS) is 11.1. The molecule has 0 unspecified atom stereocenters. The van der Waals surface area contributed by atoms with Gasteiger partial charge in [-0.05, 0) is 5.56 Å². The Kier molecular flexibility index (Phi) is 3.86. The highest BCUT2D eigenvalue weighted by Crippen LogP contribution is 2.21. The third-order valence-electron chi connectivity index (χ3n) is 2.16. The van der Waals surface area contributed by atoms with E-state index >= 15 is 0 Å². The van der Waals surface area contributed by atoms with Crippen LogP contribution in [0, 0.1) is 0 Å². The summed E-state index contributed by atoms with van der Waals surface area (Å²) < 4.78 is 4.95. The molecule has 0 radical (unpaired) electrons. The zero-order valence-corrected chi connectivity index (χ0v) is 9.91. The van der Waals surface area contributed by atoms with Gasteiger partial charge in [0, 0.05) is 24.3 Å². The van der Waals surface area contributed by atoms with E-state index in [1.165, 1.54) is 11.1 Å². The second-order valence-corrected chi connectivity index (χ2v) is 4.21. The molecule has 1 aromatic carbocycles. The summed E-state index contributed by atoms with van der Waals surface area (Å²) in [6.07, 6.45) is 5.87. The largest absolute Gasteiger partial charge is 0.381 e. The maximum Gasteiger partial charge on any atom is 0.123 e. The first-order valence-electron chi connectivity index (χ1n) is 5.05. The molecule has 2 nitrogen and oxygen atoms in total. The van der Waals surface area contributed by atoms with Crippen LogP contribution in [-0.2, 0) is 4.74 Å².